The summed E-state index contributed by atoms with van der Waals surface area (Å²) < 4.78 is 13.1. The largest absolute Gasteiger partial charge is 0.352 e. The van der Waals surface area contributed by atoms with Crippen LogP contribution >= 0.6 is 0 Å². The minimum Gasteiger partial charge on any atom is -0.352 e. The van der Waals surface area contributed by atoms with Crippen molar-refractivity contribution in [2.45, 2.75) is 46.1 Å². The van der Waals surface area contributed by atoms with E-state index in [1.165, 1.54) is 30.7 Å². The number of hydrogen-bond donors (Lipinski definition) is 1. The molecule has 0 radical (unpaired) electrons. The molecule has 3 atom stereocenters. The van der Waals surface area contributed by atoms with Gasteiger partial charge in [-0.3, -0.25) is 9.59 Å². The summed E-state index contributed by atoms with van der Waals surface area (Å²) in [7, 11) is 0. The molecule has 2 saturated heterocycles. The van der Waals surface area contributed by atoms with E-state index in [0.29, 0.717) is 43.3 Å². The van der Waals surface area contributed by atoms with Gasteiger partial charge in [0.1, 0.15) is 5.82 Å². The van der Waals surface area contributed by atoms with E-state index in [1.54, 1.807) is 4.90 Å². The Morgan fingerprint density at radius 1 is 1.10 bits per heavy atom. The monoisotopic (exact) mass is 403 g/mol. The Morgan fingerprint density at radius 2 is 1.69 bits per heavy atom. The lowest BCUT2D eigenvalue weighted by Gasteiger charge is -2.37. The maximum atomic E-state index is 13.1. The van der Waals surface area contributed by atoms with Crippen molar-refractivity contribution >= 4 is 11.8 Å². The topological polar surface area (TPSA) is 52.7 Å². The molecule has 0 spiro atoms. The fraction of sp³-hybridized carbons (Fsp3) is 0.652. The lowest BCUT2D eigenvalue weighted by Crippen LogP contribution is -2.49. The molecule has 3 rings (SSSR count). The van der Waals surface area contributed by atoms with E-state index in [-0.39, 0.29) is 29.6 Å². The predicted octanol–water partition coefficient (Wildman–Crippen LogP) is 3.16. The third-order valence-corrected chi connectivity index (χ3v) is 6.11. The van der Waals surface area contributed by atoms with E-state index in [2.05, 4.69) is 31.0 Å². The van der Waals surface area contributed by atoms with Gasteiger partial charge in [-0.2, -0.15) is 0 Å². The molecule has 2 fully saturated rings. The number of nitrogens with one attached hydrogen (secondary N) is 1. The highest BCUT2D eigenvalue weighted by Gasteiger charge is 2.29. The second-order valence-corrected chi connectivity index (χ2v) is 9.15. The van der Waals surface area contributed by atoms with Crippen LogP contribution in [0.25, 0.3) is 0 Å². The first kappa shape index (κ1) is 21.8. The van der Waals surface area contributed by atoms with Crippen LogP contribution in [-0.2, 0) is 4.79 Å². The van der Waals surface area contributed by atoms with Crippen LogP contribution in [0.5, 0.6) is 0 Å². The maximum absolute atomic E-state index is 13.1. The summed E-state index contributed by atoms with van der Waals surface area (Å²) in [5, 5.41) is 3.18. The van der Waals surface area contributed by atoms with Crippen molar-refractivity contribution in [3.63, 3.8) is 0 Å². The molecule has 1 aromatic rings. The number of carbonyl (C=O) groups is 2. The van der Waals surface area contributed by atoms with Crippen molar-refractivity contribution in [2.75, 3.05) is 32.7 Å². The van der Waals surface area contributed by atoms with Gasteiger partial charge in [0.25, 0.3) is 5.91 Å². The van der Waals surface area contributed by atoms with Crippen molar-refractivity contribution < 1.29 is 14.0 Å². The van der Waals surface area contributed by atoms with E-state index in [0.717, 1.165) is 19.6 Å². The van der Waals surface area contributed by atoms with Crippen LogP contribution in [0, 0.1) is 23.6 Å². The summed E-state index contributed by atoms with van der Waals surface area (Å²) in [5.41, 5.74) is 0.493. The number of likely N-dealkylation sites (tertiary alicyclic amines) is 2. The number of halogens is 1. The summed E-state index contributed by atoms with van der Waals surface area (Å²) in [6.07, 6.45) is 2.62. The Labute approximate surface area is 173 Å². The van der Waals surface area contributed by atoms with Gasteiger partial charge < -0.3 is 15.1 Å². The molecule has 2 amide bonds. The fourth-order valence-electron chi connectivity index (χ4n) is 4.85. The molecule has 2 heterocycles. The third kappa shape index (κ3) is 6.01. The molecule has 6 heteroatoms. The fourth-order valence-corrected chi connectivity index (χ4v) is 4.85. The number of piperidine rings is 2. The average molecular weight is 404 g/mol. The predicted molar refractivity (Wildman–Crippen MR) is 112 cm³/mol. The van der Waals surface area contributed by atoms with E-state index in [4.69, 9.17) is 0 Å². The molecule has 2 aliphatic rings. The molecule has 1 N–H and O–H groups in total. The number of amides is 2. The minimum absolute atomic E-state index is 0.0473. The summed E-state index contributed by atoms with van der Waals surface area (Å²) in [6, 6.07) is 5.76. The highest BCUT2D eigenvalue weighted by molar-refractivity contribution is 5.94. The van der Waals surface area contributed by atoms with Gasteiger partial charge in [0.05, 0.1) is 0 Å². The van der Waals surface area contributed by atoms with Crippen LogP contribution in [0.1, 0.15) is 50.4 Å². The first-order valence-corrected chi connectivity index (χ1v) is 10.9. The molecular formula is C23H34FN3O2. The van der Waals surface area contributed by atoms with Gasteiger partial charge in [-0.1, -0.05) is 13.8 Å². The van der Waals surface area contributed by atoms with Gasteiger partial charge in [-0.25, -0.2) is 4.39 Å². The summed E-state index contributed by atoms with van der Waals surface area (Å²) >= 11 is 0. The van der Waals surface area contributed by atoms with Gasteiger partial charge in [-0.15, -0.1) is 0 Å². The zero-order chi connectivity index (χ0) is 21.0. The Balaban J connectivity index is 1.43. The second-order valence-electron chi connectivity index (χ2n) is 9.15. The smallest absolute Gasteiger partial charge is 0.253 e. The normalized spacial score (nSPS) is 24.9. The lowest BCUT2D eigenvalue weighted by atomic mass is 9.91. The van der Waals surface area contributed by atoms with Crippen LogP contribution in [0.4, 0.5) is 4.39 Å². The standard InChI is InChI=1S/C23H34FN3O2/c1-16-12-17(2)14-26(13-16)15-18(3)25-22(28)19-8-10-27(11-9-19)23(29)20-4-6-21(24)7-5-20/h4-7,16-19H,8-15H2,1-3H3,(H,25,28). The quantitative estimate of drug-likeness (QED) is 0.822. The second kappa shape index (κ2) is 9.70. The molecule has 0 saturated carbocycles. The number of carbonyl (C=O) groups excluding carboxylic acids is 2. The number of rotatable bonds is 5. The van der Waals surface area contributed by atoms with Gasteiger partial charge in [0.15, 0.2) is 0 Å². The van der Waals surface area contributed by atoms with Gasteiger partial charge in [-0.05, 0) is 62.3 Å². The van der Waals surface area contributed by atoms with Gasteiger partial charge in [0, 0.05) is 50.2 Å². The Bertz CT molecular complexity index is 691. The van der Waals surface area contributed by atoms with E-state index in [9.17, 15) is 14.0 Å². The molecule has 0 bridgehead atoms. The van der Waals surface area contributed by atoms with Crippen molar-refractivity contribution in [1.82, 2.24) is 15.1 Å². The molecule has 1 aromatic carbocycles. The van der Waals surface area contributed by atoms with Crippen molar-refractivity contribution in [3.8, 4) is 0 Å². The molecule has 29 heavy (non-hydrogen) atoms. The van der Waals surface area contributed by atoms with E-state index < -0.39 is 0 Å². The average Bonchev–Trinajstić information content (AvgIpc) is 2.67. The number of nitrogens with zero attached hydrogens (tertiary/aromatic N) is 2. The Kier molecular flexibility index (Phi) is 7.28. The summed E-state index contributed by atoms with van der Waals surface area (Å²) in [5.74, 6) is 1.04. The SMILES string of the molecule is CC1CC(C)CN(CC(C)NC(=O)C2CCN(C(=O)c3ccc(F)cc3)CC2)C1. The van der Waals surface area contributed by atoms with Gasteiger partial charge >= 0.3 is 0 Å². The highest BCUT2D eigenvalue weighted by Crippen LogP contribution is 2.22. The minimum atomic E-state index is -0.348. The zero-order valence-corrected chi connectivity index (χ0v) is 17.9. The van der Waals surface area contributed by atoms with E-state index >= 15 is 0 Å². The van der Waals surface area contributed by atoms with Crippen LogP contribution < -0.4 is 5.32 Å². The zero-order valence-electron chi connectivity index (χ0n) is 17.9. The first-order chi connectivity index (χ1) is 13.8. The molecule has 160 valence electrons. The summed E-state index contributed by atoms with van der Waals surface area (Å²) in [6.45, 7) is 10.9. The summed E-state index contributed by atoms with van der Waals surface area (Å²) in [4.78, 5) is 29.5. The van der Waals surface area contributed by atoms with E-state index in [1.807, 2.05) is 0 Å². The van der Waals surface area contributed by atoms with Crippen LogP contribution in [0.15, 0.2) is 24.3 Å². The molecule has 2 aliphatic heterocycles. The van der Waals surface area contributed by atoms with Crippen LogP contribution in [0.2, 0.25) is 0 Å². The molecule has 0 aliphatic carbocycles. The molecule has 3 unspecified atom stereocenters. The van der Waals surface area contributed by atoms with Crippen molar-refractivity contribution in [1.29, 1.82) is 0 Å². The highest BCUT2D eigenvalue weighted by atomic mass is 19.1. The Hall–Kier alpha value is -1.95. The number of benzene rings is 1. The van der Waals surface area contributed by atoms with Crippen LogP contribution in [-0.4, -0.2) is 60.4 Å². The molecule has 0 aromatic heterocycles. The Morgan fingerprint density at radius 3 is 2.28 bits per heavy atom. The number of hydrogen-bond acceptors (Lipinski definition) is 3. The van der Waals surface area contributed by atoms with Crippen LogP contribution in [0.3, 0.4) is 0 Å². The van der Waals surface area contributed by atoms with Crippen molar-refractivity contribution in [3.05, 3.63) is 35.6 Å². The first-order valence-electron chi connectivity index (χ1n) is 10.9. The third-order valence-electron chi connectivity index (χ3n) is 6.11. The van der Waals surface area contributed by atoms with Crippen molar-refractivity contribution in [2.24, 2.45) is 17.8 Å². The lowest BCUT2D eigenvalue weighted by molar-refractivity contribution is -0.127. The molecule has 5 nitrogen and oxygen atoms in total. The molecular weight excluding hydrogens is 369 g/mol. The van der Waals surface area contributed by atoms with Gasteiger partial charge in [0.2, 0.25) is 5.91 Å². The maximum Gasteiger partial charge on any atom is 0.253 e.